The maximum atomic E-state index is 12.3. The molecule has 2 aromatic heterocycles. The molecule has 0 aliphatic heterocycles. The number of anilines is 2. The van der Waals surface area contributed by atoms with Crippen molar-refractivity contribution in [2.24, 2.45) is 0 Å². The maximum absolute atomic E-state index is 12.3. The van der Waals surface area contributed by atoms with Crippen molar-refractivity contribution in [3.8, 4) is 11.1 Å². The first kappa shape index (κ1) is 21.1. The van der Waals surface area contributed by atoms with E-state index in [1.807, 2.05) is 42.0 Å². The van der Waals surface area contributed by atoms with Crippen LogP contribution in [0.1, 0.15) is 30.1 Å². The zero-order valence-corrected chi connectivity index (χ0v) is 19.2. The summed E-state index contributed by atoms with van der Waals surface area (Å²) in [6, 6.07) is 22.2. The lowest BCUT2D eigenvalue weighted by Crippen LogP contribution is -2.24. The van der Waals surface area contributed by atoms with Crippen molar-refractivity contribution < 1.29 is 4.79 Å². The van der Waals surface area contributed by atoms with Gasteiger partial charge in [-0.15, -0.1) is 11.3 Å². The van der Waals surface area contributed by atoms with Crippen LogP contribution in [0.2, 0.25) is 0 Å². The van der Waals surface area contributed by atoms with Crippen LogP contribution in [0.15, 0.2) is 78.4 Å². The van der Waals surface area contributed by atoms with E-state index in [9.17, 15) is 4.79 Å². The summed E-state index contributed by atoms with van der Waals surface area (Å²) >= 11 is 1.64. The van der Waals surface area contributed by atoms with E-state index in [0.717, 1.165) is 51.8 Å². The first-order valence-electron chi connectivity index (χ1n) is 11.1. The number of thiazole rings is 1. The van der Waals surface area contributed by atoms with Crippen molar-refractivity contribution >= 4 is 49.7 Å². The largest absolute Gasteiger partial charge is 0.355 e. The number of nitrogens with one attached hydrogen (secondary N) is 2. The molecule has 2 N–H and O–H groups in total. The summed E-state index contributed by atoms with van der Waals surface area (Å²) in [5.74, 6) is -0.0262. The highest BCUT2D eigenvalue weighted by Crippen LogP contribution is 2.30. The van der Waals surface area contributed by atoms with Gasteiger partial charge in [-0.25, -0.2) is 4.98 Å². The van der Waals surface area contributed by atoms with Gasteiger partial charge in [0.15, 0.2) is 0 Å². The molecule has 0 saturated heterocycles. The Morgan fingerprint density at radius 1 is 0.909 bits per heavy atom. The minimum absolute atomic E-state index is 0.0262. The number of unbranched alkanes of at least 4 members (excludes halogenated alkanes) is 1. The molecule has 0 saturated carbocycles. The van der Waals surface area contributed by atoms with E-state index in [1.54, 1.807) is 11.3 Å². The quantitative estimate of drug-likeness (QED) is 0.267. The number of nitrogens with zero attached hydrogens (tertiary/aromatic N) is 2. The molecule has 1 amide bonds. The Bertz CT molecular complexity index is 1430. The number of hydrogen-bond donors (Lipinski definition) is 2. The molecular formula is C27H24N4OS. The number of benzene rings is 3. The zero-order valence-electron chi connectivity index (χ0n) is 18.3. The van der Waals surface area contributed by atoms with Crippen molar-refractivity contribution in [2.45, 2.75) is 19.8 Å². The van der Waals surface area contributed by atoms with Gasteiger partial charge in [-0.2, -0.15) is 0 Å². The number of carbonyl (C=O) groups is 1. The molecule has 0 atom stereocenters. The van der Waals surface area contributed by atoms with Crippen LogP contribution in [0.3, 0.4) is 0 Å². The summed E-state index contributed by atoms with van der Waals surface area (Å²) in [6.45, 7) is 2.82. The lowest BCUT2D eigenvalue weighted by Gasteiger charge is -2.11. The van der Waals surface area contributed by atoms with Gasteiger partial charge >= 0.3 is 0 Å². The van der Waals surface area contributed by atoms with Gasteiger partial charge in [0, 0.05) is 35.1 Å². The number of rotatable bonds is 7. The highest BCUT2D eigenvalue weighted by molar-refractivity contribution is 7.16. The van der Waals surface area contributed by atoms with Crippen LogP contribution in [0, 0.1) is 0 Å². The van der Waals surface area contributed by atoms with Gasteiger partial charge in [0.2, 0.25) is 0 Å². The van der Waals surface area contributed by atoms with Gasteiger partial charge in [-0.1, -0.05) is 37.6 Å². The van der Waals surface area contributed by atoms with E-state index in [-0.39, 0.29) is 5.91 Å². The molecule has 33 heavy (non-hydrogen) atoms. The van der Waals surface area contributed by atoms with E-state index >= 15 is 0 Å². The summed E-state index contributed by atoms with van der Waals surface area (Å²) in [4.78, 5) is 21.2. The highest BCUT2D eigenvalue weighted by Gasteiger charge is 2.08. The number of pyridine rings is 1. The fourth-order valence-corrected chi connectivity index (χ4v) is 4.48. The lowest BCUT2D eigenvalue weighted by atomic mass is 10.0. The summed E-state index contributed by atoms with van der Waals surface area (Å²) in [5.41, 5.74) is 8.56. The van der Waals surface area contributed by atoms with Crippen molar-refractivity contribution in [3.63, 3.8) is 0 Å². The van der Waals surface area contributed by atoms with Crippen molar-refractivity contribution in [1.29, 1.82) is 0 Å². The van der Waals surface area contributed by atoms with Crippen LogP contribution in [0.5, 0.6) is 0 Å². The molecule has 0 aliphatic carbocycles. The third-order valence-electron chi connectivity index (χ3n) is 5.65. The molecule has 0 bridgehead atoms. The topological polar surface area (TPSA) is 66.9 Å². The van der Waals surface area contributed by atoms with E-state index in [1.165, 1.54) is 4.70 Å². The smallest absolute Gasteiger partial charge is 0.251 e. The summed E-state index contributed by atoms with van der Waals surface area (Å²) in [7, 11) is 0. The molecule has 0 aliphatic rings. The number of fused-ring (bicyclic) bond motifs is 2. The molecule has 164 valence electrons. The standard InChI is InChI=1S/C27H24N4OS/c1-2-3-13-29-27(32)19-6-4-18(5-7-19)20-8-10-22-23(12-14-28-24(22)15-20)31-21-9-11-26-25(16-21)30-17-33-26/h4-12,14-17H,2-3,13H2,1H3,(H,28,31)(H,29,32). The highest BCUT2D eigenvalue weighted by atomic mass is 32.1. The maximum Gasteiger partial charge on any atom is 0.251 e. The number of carbonyl (C=O) groups excluding carboxylic acids is 1. The molecule has 0 radical (unpaired) electrons. The van der Waals surface area contributed by atoms with Gasteiger partial charge in [-0.05, 0) is 60.0 Å². The van der Waals surface area contributed by atoms with E-state index in [2.05, 4.69) is 63.9 Å². The molecule has 5 rings (SSSR count). The average molecular weight is 453 g/mol. The second-order valence-corrected chi connectivity index (χ2v) is 8.82. The molecule has 5 nitrogen and oxygen atoms in total. The number of hydrogen-bond acceptors (Lipinski definition) is 5. The molecule has 6 heteroatoms. The predicted octanol–water partition coefficient (Wildman–Crippen LogP) is 6.79. The molecule has 2 heterocycles. The van der Waals surface area contributed by atoms with Gasteiger partial charge in [0.1, 0.15) is 0 Å². The van der Waals surface area contributed by atoms with Gasteiger partial charge in [0.25, 0.3) is 5.91 Å². The van der Waals surface area contributed by atoms with Crippen LogP contribution in [0.25, 0.3) is 32.2 Å². The number of aromatic nitrogens is 2. The molecule has 3 aromatic carbocycles. The van der Waals surface area contributed by atoms with Crippen molar-refractivity contribution in [1.82, 2.24) is 15.3 Å². The zero-order chi connectivity index (χ0) is 22.6. The third-order valence-corrected chi connectivity index (χ3v) is 6.46. The van der Waals surface area contributed by atoms with E-state index in [0.29, 0.717) is 12.1 Å². The molecule has 5 aromatic rings. The Labute approximate surface area is 196 Å². The summed E-state index contributed by atoms with van der Waals surface area (Å²) in [5, 5.41) is 7.52. The molecule has 0 spiro atoms. The summed E-state index contributed by atoms with van der Waals surface area (Å²) < 4.78 is 1.18. The van der Waals surface area contributed by atoms with E-state index < -0.39 is 0 Å². The Balaban J connectivity index is 1.38. The monoisotopic (exact) mass is 452 g/mol. The second-order valence-electron chi connectivity index (χ2n) is 7.94. The Morgan fingerprint density at radius 3 is 2.61 bits per heavy atom. The van der Waals surface area contributed by atoms with Gasteiger partial charge in [-0.3, -0.25) is 9.78 Å². The fraction of sp³-hybridized carbons (Fsp3) is 0.148. The Morgan fingerprint density at radius 2 is 1.76 bits per heavy atom. The minimum Gasteiger partial charge on any atom is -0.355 e. The molecule has 0 fully saturated rings. The SMILES string of the molecule is CCCCNC(=O)c1ccc(-c2ccc3c(Nc4ccc5scnc5c4)ccnc3c2)cc1. The molecular weight excluding hydrogens is 428 g/mol. The predicted molar refractivity (Wildman–Crippen MR) is 137 cm³/mol. The average Bonchev–Trinajstić information content (AvgIpc) is 3.32. The normalized spacial score (nSPS) is 11.1. The van der Waals surface area contributed by atoms with Crippen molar-refractivity contribution in [3.05, 3.63) is 84.0 Å². The van der Waals surface area contributed by atoms with Crippen LogP contribution < -0.4 is 10.6 Å². The third kappa shape index (κ3) is 4.56. The van der Waals surface area contributed by atoms with Crippen LogP contribution in [0.4, 0.5) is 11.4 Å². The number of amides is 1. The summed E-state index contributed by atoms with van der Waals surface area (Å²) in [6.07, 6.45) is 3.87. The van der Waals surface area contributed by atoms with Crippen LogP contribution in [-0.2, 0) is 0 Å². The van der Waals surface area contributed by atoms with Crippen LogP contribution in [-0.4, -0.2) is 22.4 Å². The minimum atomic E-state index is -0.0262. The van der Waals surface area contributed by atoms with Crippen molar-refractivity contribution in [2.75, 3.05) is 11.9 Å². The van der Waals surface area contributed by atoms with Gasteiger partial charge < -0.3 is 10.6 Å². The Kier molecular flexibility index (Phi) is 6.00. The fourth-order valence-electron chi connectivity index (χ4n) is 3.82. The first-order chi connectivity index (χ1) is 16.2. The second kappa shape index (κ2) is 9.38. The van der Waals surface area contributed by atoms with Crippen LogP contribution >= 0.6 is 11.3 Å². The first-order valence-corrected chi connectivity index (χ1v) is 12.0. The molecule has 0 unspecified atom stereocenters. The van der Waals surface area contributed by atoms with E-state index in [4.69, 9.17) is 0 Å². The van der Waals surface area contributed by atoms with Gasteiger partial charge in [0.05, 0.1) is 21.2 Å². The lowest BCUT2D eigenvalue weighted by molar-refractivity contribution is 0.0953. The Hall–Kier alpha value is -3.77.